The first-order valence-corrected chi connectivity index (χ1v) is 8.28. The maximum absolute atomic E-state index is 13.0. The number of methoxy groups -OCH3 is 1. The first-order chi connectivity index (χ1) is 12.2. The Hall–Kier alpha value is -2.61. The molecule has 8 nitrogen and oxygen atoms in total. The van der Waals surface area contributed by atoms with E-state index in [0.717, 1.165) is 11.6 Å². The summed E-state index contributed by atoms with van der Waals surface area (Å²) in [6.45, 7) is 3.89. The Morgan fingerprint density at radius 1 is 1.28 bits per heavy atom. The molecule has 0 N–H and O–H groups in total. The van der Waals surface area contributed by atoms with Crippen LogP contribution in [0.4, 0.5) is 0 Å². The van der Waals surface area contributed by atoms with Crippen LogP contribution < -0.4 is 9.47 Å². The van der Waals surface area contributed by atoms with Gasteiger partial charge in [0, 0.05) is 38.2 Å². The summed E-state index contributed by atoms with van der Waals surface area (Å²) in [5.74, 6) is 2.96. The topological polar surface area (TPSA) is 78.7 Å². The van der Waals surface area contributed by atoms with Crippen LogP contribution in [0, 0.1) is 0 Å². The van der Waals surface area contributed by atoms with Gasteiger partial charge in [-0.1, -0.05) is 0 Å². The molecule has 3 heterocycles. The molecule has 25 heavy (non-hydrogen) atoms. The van der Waals surface area contributed by atoms with Crippen LogP contribution in [0.1, 0.15) is 28.9 Å². The quantitative estimate of drug-likeness (QED) is 0.834. The fraction of sp³-hybridized carbons (Fsp3) is 0.471. The number of rotatable bonds is 3. The highest BCUT2D eigenvalue weighted by molar-refractivity contribution is 5.95. The van der Waals surface area contributed by atoms with Crippen molar-refractivity contribution < 1.29 is 19.0 Å². The van der Waals surface area contributed by atoms with Crippen LogP contribution in [0.25, 0.3) is 0 Å². The van der Waals surface area contributed by atoms with Crippen LogP contribution >= 0.6 is 0 Å². The molecule has 0 saturated heterocycles. The molecule has 132 valence electrons. The Kier molecular flexibility index (Phi) is 4.04. The first-order valence-electron chi connectivity index (χ1n) is 8.28. The summed E-state index contributed by atoms with van der Waals surface area (Å²) in [7, 11) is 1.64. The highest BCUT2D eigenvalue weighted by Crippen LogP contribution is 2.33. The van der Waals surface area contributed by atoms with E-state index < -0.39 is 0 Å². The third-order valence-corrected chi connectivity index (χ3v) is 4.63. The normalized spacial score (nSPS) is 18.8. The van der Waals surface area contributed by atoms with Crippen LogP contribution in [0.3, 0.4) is 0 Å². The number of fused-ring (bicyclic) bond motifs is 2. The molecule has 2 aliphatic heterocycles. The molecule has 1 atom stereocenters. The second kappa shape index (κ2) is 6.36. The average Bonchev–Trinajstić information content (AvgIpc) is 3.18. The minimum Gasteiger partial charge on any atom is -0.454 e. The number of nitrogens with zero attached hydrogens (tertiary/aromatic N) is 4. The third kappa shape index (κ3) is 2.82. The zero-order valence-electron chi connectivity index (χ0n) is 14.3. The molecule has 0 saturated carbocycles. The Bertz CT molecular complexity index is 804. The molecule has 0 bridgehead atoms. The molecule has 1 aromatic heterocycles. The molecule has 1 amide bonds. The van der Waals surface area contributed by atoms with Crippen LogP contribution in [-0.4, -0.2) is 52.1 Å². The molecular weight excluding hydrogens is 324 g/mol. The molecule has 2 aromatic rings. The van der Waals surface area contributed by atoms with E-state index in [4.69, 9.17) is 14.2 Å². The molecule has 0 aliphatic carbocycles. The molecule has 0 radical (unpaired) electrons. The van der Waals surface area contributed by atoms with Crippen molar-refractivity contribution in [1.29, 1.82) is 0 Å². The number of carbonyl (C=O) groups excluding carboxylic acids is 1. The smallest absolute Gasteiger partial charge is 0.254 e. The van der Waals surface area contributed by atoms with E-state index in [1.54, 1.807) is 25.3 Å². The predicted octanol–water partition coefficient (Wildman–Crippen LogP) is 1.24. The molecule has 4 rings (SSSR count). The number of hydrogen-bond donors (Lipinski definition) is 0. The summed E-state index contributed by atoms with van der Waals surface area (Å²) in [6, 6.07) is 5.34. The lowest BCUT2D eigenvalue weighted by Gasteiger charge is -2.26. The Balaban J connectivity index is 1.56. The fourth-order valence-corrected chi connectivity index (χ4v) is 3.32. The van der Waals surface area contributed by atoms with Crippen LogP contribution in [0.2, 0.25) is 0 Å². The summed E-state index contributed by atoms with van der Waals surface area (Å²) in [5.41, 5.74) is 0.603. The zero-order valence-corrected chi connectivity index (χ0v) is 14.3. The molecule has 0 fully saturated rings. The van der Waals surface area contributed by atoms with E-state index in [1.165, 1.54) is 0 Å². The lowest BCUT2D eigenvalue weighted by atomic mass is 10.1. The highest BCUT2D eigenvalue weighted by atomic mass is 16.7. The van der Waals surface area contributed by atoms with Gasteiger partial charge in [0.2, 0.25) is 6.79 Å². The van der Waals surface area contributed by atoms with Gasteiger partial charge in [0.25, 0.3) is 5.91 Å². The molecule has 8 heteroatoms. The van der Waals surface area contributed by atoms with Crippen molar-refractivity contribution in [2.75, 3.05) is 20.4 Å². The largest absolute Gasteiger partial charge is 0.454 e. The van der Waals surface area contributed by atoms with Crippen molar-refractivity contribution in [3.8, 4) is 11.5 Å². The van der Waals surface area contributed by atoms with Gasteiger partial charge in [0.05, 0.1) is 0 Å². The van der Waals surface area contributed by atoms with Crippen molar-refractivity contribution >= 4 is 5.91 Å². The summed E-state index contributed by atoms with van der Waals surface area (Å²) in [4.78, 5) is 14.9. The number of aromatic nitrogens is 3. The summed E-state index contributed by atoms with van der Waals surface area (Å²) in [6.07, 6.45) is 0.660. The first kappa shape index (κ1) is 15.9. The number of amides is 1. The SMILES string of the molecule is COCc1nnc2n1CCN(C(=O)c1ccc3c(c1)OCO3)C(C)C2. The third-order valence-electron chi connectivity index (χ3n) is 4.63. The summed E-state index contributed by atoms with van der Waals surface area (Å²) in [5, 5.41) is 8.44. The van der Waals surface area contributed by atoms with Gasteiger partial charge in [-0.15, -0.1) is 10.2 Å². The van der Waals surface area contributed by atoms with Gasteiger partial charge in [0.15, 0.2) is 17.3 Å². The molecule has 2 aliphatic rings. The Labute approximate surface area is 145 Å². The van der Waals surface area contributed by atoms with Gasteiger partial charge in [-0.2, -0.15) is 0 Å². The minimum atomic E-state index is -0.0159. The van der Waals surface area contributed by atoms with E-state index in [-0.39, 0.29) is 18.7 Å². The van der Waals surface area contributed by atoms with Crippen LogP contribution in [0.5, 0.6) is 11.5 Å². The second-order valence-electron chi connectivity index (χ2n) is 6.24. The molecule has 1 unspecified atom stereocenters. The number of benzene rings is 1. The number of hydrogen-bond acceptors (Lipinski definition) is 6. The molecule has 0 spiro atoms. The number of carbonyl (C=O) groups is 1. The van der Waals surface area contributed by atoms with Gasteiger partial charge in [0.1, 0.15) is 12.4 Å². The summed E-state index contributed by atoms with van der Waals surface area (Å²) >= 11 is 0. The van der Waals surface area contributed by atoms with Crippen LogP contribution in [0.15, 0.2) is 18.2 Å². The Morgan fingerprint density at radius 3 is 2.96 bits per heavy atom. The Morgan fingerprint density at radius 2 is 2.12 bits per heavy atom. The van der Waals surface area contributed by atoms with Crippen molar-refractivity contribution in [3.05, 3.63) is 35.4 Å². The fourth-order valence-electron chi connectivity index (χ4n) is 3.32. The lowest BCUT2D eigenvalue weighted by molar-refractivity contribution is 0.0694. The second-order valence-corrected chi connectivity index (χ2v) is 6.24. The van der Waals surface area contributed by atoms with Crippen molar-refractivity contribution in [2.45, 2.75) is 32.5 Å². The van der Waals surface area contributed by atoms with E-state index in [1.807, 2.05) is 16.4 Å². The number of ether oxygens (including phenoxy) is 3. The van der Waals surface area contributed by atoms with Crippen molar-refractivity contribution in [2.24, 2.45) is 0 Å². The van der Waals surface area contributed by atoms with Gasteiger partial charge >= 0.3 is 0 Å². The highest BCUT2D eigenvalue weighted by Gasteiger charge is 2.28. The zero-order chi connectivity index (χ0) is 17.4. The van der Waals surface area contributed by atoms with Crippen LogP contribution in [-0.2, 0) is 24.3 Å². The van der Waals surface area contributed by atoms with E-state index in [2.05, 4.69) is 10.2 Å². The van der Waals surface area contributed by atoms with Crippen molar-refractivity contribution in [3.63, 3.8) is 0 Å². The average molecular weight is 344 g/mol. The maximum atomic E-state index is 13.0. The van der Waals surface area contributed by atoms with Gasteiger partial charge in [-0.25, -0.2) is 0 Å². The predicted molar refractivity (Wildman–Crippen MR) is 87.5 cm³/mol. The van der Waals surface area contributed by atoms with Gasteiger partial charge < -0.3 is 23.7 Å². The molecular formula is C17H20N4O4. The van der Waals surface area contributed by atoms with E-state index >= 15 is 0 Å². The van der Waals surface area contributed by atoms with E-state index in [9.17, 15) is 4.79 Å². The minimum absolute atomic E-state index is 0.0159. The monoisotopic (exact) mass is 344 g/mol. The lowest BCUT2D eigenvalue weighted by Crippen LogP contribution is -2.40. The summed E-state index contributed by atoms with van der Waals surface area (Å²) < 4.78 is 17.9. The molecule has 1 aromatic carbocycles. The standard InChI is InChI=1S/C17H20N4O4/c1-11-7-15-18-19-16(9-23-2)21(15)6-5-20(11)17(22)12-3-4-13-14(8-12)25-10-24-13/h3-4,8,11H,5-7,9-10H2,1-2H3. The maximum Gasteiger partial charge on any atom is 0.254 e. The van der Waals surface area contributed by atoms with E-state index in [0.29, 0.717) is 43.2 Å². The van der Waals surface area contributed by atoms with Gasteiger partial charge in [-0.3, -0.25) is 4.79 Å². The van der Waals surface area contributed by atoms with Crippen molar-refractivity contribution in [1.82, 2.24) is 19.7 Å². The van der Waals surface area contributed by atoms with Gasteiger partial charge in [-0.05, 0) is 25.1 Å².